The van der Waals surface area contributed by atoms with Crippen LogP contribution in [0.2, 0.25) is 0 Å². The van der Waals surface area contributed by atoms with E-state index in [2.05, 4.69) is 0 Å². The first-order chi connectivity index (χ1) is 12.6. The second-order valence-corrected chi connectivity index (χ2v) is 6.70. The number of halogens is 2. The number of carbonyl (C=O) groups excluding carboxylic acids is 1. The van der Waals surface area contributed by atoms with E-state index in [0.717, 1.165) is 43.8 Å². The van der Waals surface area contributed by atoms with E-state index < -0.39 is 11.6 Å². The van der Waals surface area contributed by atoms with Crippen molar-refractivity contribution in [2.75, 3.05) is 19.7 Å². The molecule has 26 heavy (non-hydrogen) atoms. The fraction of sp³-hybridized carbons (Fsp3) is 0.381. The Balaban J connectivity index is 1.39. The predicted molar refractivity (Wildman–Crippen MR) is 95.9 cm³/mol. The Labute approximate surface area is 152 Å². The predicted octanol–water partition coefficient (Wildman–Crippen LogP) is 4.22. The molecule has 2 aromatic carbocycles. The number of likely N-dealkylation sites (tertiary alicyclic amines) is 1. The molecule has 0 atom stereocenters. The van der Waals surface area contributed by atoms with Gasteiger partial charge in [0, 0.05) is 19.5 Å². The van der Waals surface area contributed by atoms with Crippen LogP contribution < -0.4 is 4.74 Å². The van der Waals surface area contributed by atoms with Crippen molar-refractivity contribution in [2.24, 2.45) is 5.92 Å². The Hall–Kier alpha value is -2.43. The summed E-state index contributed by atoms with van der Waals surface area (Å²) in [6, 6.07) is 13.5. The molecule has 1 heterocycles. The maximum Gasteiger partial charge on any atom is 0.222 e. The number of carbonyl (C=O) groups is 1. The van der Waals surface area contributed by atoms with Crippen LogP contribution in [0.15, 0.2) is 48.5 Å². The van der Waals surface area contributed by atoms with Crippen molar-refractivity contribution in [2.45, 2.75) is 25.7 Å². The third-order valence-electron chi connectivity index (χ3n) is 4.81. The quantitative estimate of drug-likeness (QED) is 0.773. The van der Waals surface area contributed by atoms with Gasteiger partial charge in [0.15, 0.2) is 11.6 Å². The first-order valence-electron chi connectivity index (χ1n) is 9.01. The van der Waals surface area contributed by atoms with Gasteiger partial charge >= 0.3 is 0 Å². The highest BCUT2D eigenvalue weighted by molar-refractivity contribution is 5.76. The number of aryl methyl sites for hydroxylation is 1. The van der Waals surface area contributed by atoms with Gasteiger partial charge in [0.2, 0.25) is 5.91 Å². The molecule has 3 rings (SSSR count). The Morgan fingerprint density at radius 2 is 1.77 bits per heavy atom. The number of nitrogens with zero attached hydrogens (tertiary/aromatic N) is 1. The van der Waals surface area contributed by atoms with Gasteiger partial charge in [-0.1, -0.05) is 24.3 Å². The minimum absolute atomic E-state index is 0.0668. The van der Waals surface area contributed by atoms with Gasteiger partial charge in [-0.2, -0.15) is 0 Å². The molecule has 0 unspecified atom stereocenters. The maximum atomic E-state index is 13.2. The first-order valence-corrected chi connectivity index (χ1v) is 9.01. The molecule has 0 bridgehead atoms. The lowest BCUT2D eigenvalue weighted by Crippen LogP contribution is -2.39. The fourth-order valence-corrected chi connectivity index (χ4v) is 3.18. The van der Waals surface area contributed by atoms with E-state index in [-0.39, 0.29) is 5.91 Å². The molecule has 0 saturated carbocycles. The van der Waals surface area contributed by atoms with Gasteiger partial charge in [0.1, 0.15) is 5.75 Å². The first kappa shape index (κ1) is 18.4. The zero-order chi connectivity index (χ0) is 18.4. The van der Waals surface area contributed by atoms with E-state index in [4.69, 9.17) is 4.74 Å². The second-order valence-electron chi connectivity index (χ2n) is 6.70. The SMILES string of the molecule is O=C(CCc1ccc(F)c(F)c1)N1CCC(COc2ccccc2)CC1. The van der Waals surface area contributed by atoms with E-state index >= 15 is 0 Å². The third-order valence-corrected chi connectivity index (χ3v) is 4.81. The van der Waals surface area contributed by atoms with Crippen molar-refractivity contribution in [1.29, 1.82) is 0 Å². The van der Waals surface area contributed by atoms with Gasteiger partial charge in [-0.05, 0) is 55.0 Å². The van der Waals surface area contributed by atoms with Crippen LogP contribution in [0.1, 0.15) is 24.8 Å². The Kier molecular flexibility index (Phi) is 6.21. The molecule has 2 aromatic rings. The van der Waals surface area contributed by atoms with Crippen LogP contribution in [0.25, 0.3) is 0 Å². The van der Waals surface area contributed by atoms with E-state index in [1.54, 1.807) is 0 Å². The van der Waals surface area contributed by atoms with Crippen LogP contribution in [0, 0.1) is 17.6 Å². The zero-order valence-electron chi connectivity index (χ0n) is 14.7. The lowest BCUT2D eigenvalue weighted by atomic mass is 9.97. The van der Waals surface area contributed by atoms with Gasteiger partial charge in [-0.3, -0.25) is 4.79 Å². The molecule has 0 N–H and O–H groups in total. The van der Waals surface area contributed by atoms with Gasteiger partial charge in [0.25, 0.3) is 0 Å². The smallest absolute Gasteiger partial charge is 0.222 e. The molecule has 1 saturated heterocycles. The van der Waals surface area contributed by atoms with Gasteiger partial charge in [0.05, 0.1) is 6.61 Å². The lowest BCUT2D eigenvalue weighted by Gasteiger charge is -2.32. The molecular formula is C21H23F2NO2. The van der Waals surface area contributed by atoms with Crippen molar-refractivity contribution in [3.05, 3.63) is 65.7 Å². The zero-order valence-corrected chi connectivity index (χ0v) is 14.7. The van der Waals surface area contributed by atoms with Crippen LogP contribution in [0.5, 0.6) is 5.75 Å². The molecule has 0 spiro atoms. The molecular weight excluding hydrogens is 336 g/mol. The molecule has 138 valence electrons. The van der Waals surface area contributed by atoms with E-state index in [9.17, 15) is 13.6 Å². The standard InChI is InChI=1S/C21H23F2NO2/c22-19-8-6-16(14-20(19)23)7-9-21(25)24-12-10-17(11-13-24)15-26-18-4-2-1-3-5-18/h1-6,8,14,17H,7,9-13,15H2. The van der Waals surface area contributed by atoms with Crippen LogP contribution in [0.3, 0.4) is 0 Å². The number of piperidine rings is 1. The van der Waals surface area contributed by atoms with Crippen LogP contribution in [0.4, 0.5) is 8.78 Å². The number of hydrogen-bond acceptors (Lipinski definition) is 2. The molecule has 0 aliphatic carbocycles. The topological polar surface area (TPSA) is 29.5 Å². The summed E-state index contributed by atoms with van der Waals surface area (Å²) in [6.45, 7) is 2.11. The van der Waals surface area contributed by atoms with Crippen molar-refractivity contribution in [3.63, 3.8) is 0 Å². The number of amides is 1. The highest BCUT2D eigenvalue weighted by Crippen LogP contribution is 2.20. The summed E-state index contributed by atoms with van der Waals surface area (Å²) in [7, 11) is 0. The molecule has 1 aliphatic rings. The van der Waals surface area contributed by atoms with Crippen molar-refractivity contribution < 1.29 is 18.3 Å². The minimum Gasteiger partial charge on any atom is -0.493 e. The second kappa shape index (κ2) is 8.79. The number of rotatable bonds is 6. The molecule has 1 fully saturated rings. The summed E-state index contributed by atoms with van der Waals surface area (Å²) in [5.74, 6) is -0.339. The van der Waals surface area contributed by atoms with E-state index in [1.807, 2.05) is 35.2 Å². The summed E-state index contributed by atoms with van der Waals surface area (Å²) >= 11 is 0. The van der Waals surface area contributed by atoms with E-state index in [0.29, 0.717) is 30.9 Å². The largest absolute Gasteiger partial charge is 0.493 e. The van der Waals surface area contributed by atoms with E-state index in [1.165, 1.54) is 6.07 Å². The van der Waals surface area contributed by atoms with Crippen molar-refractivity contribution in [1.82, 2.24) is 4.90 Å². The Bertz CT molecular complexity index is 728. The maximum absolute atomic E-state index is 13.2. The molecule has 0 radical (unpaired) electrons. The Morgan fingerprint density at radius 1 is 1.04 bits per heavy atom. The Morgan fingerprint density at radius 3 is 2.46 bits per heavy atom. The number of ether oxygens (including phenoxy) is 1. The molecule has 5 heteroatoms. The van der Waals surface area contributed by atoms with Gasteiger partial charge < -0.3 is 9.64 Å². The van der Waals surface area contributed by atoms with Crippen molar-refractivity contribution in [3.8, 4) is 5.75 Å². The van der Waals surface area contributed by atoms with Crippen LogP contribution in [-0.2, 0) is 11.2 Å². The minimum atomic E-state index is -0.867. The number of hydrogen-bond donors (Lipinski definition) is 0. The number of para-hydroxylation sites is 1. The summed E-state index contributed by atoms with van der Waals surface area (Å²) in [4.78, 5) is 14.2. The highest BCUT2D eigenvalue weighted by atomic mass is 19.2. The van der Waals surface area contributed by atoms with Crippen LogP contribution in [-0.4, -0.2) is 30.5 Å². The molecule has 3 nitrogen and oxygen atoms in total. The fourth-order valence-electron chi connectivity index (χ4n) is 3.18. The summed E-state index contributed by atoms with van der Waals surface area (Å²) < 4.78 is 31.9. The van der Waals surface area contributed by atoms with Crippen molar-refractivity contribution >= 4 is 5.91 Å². The summed E-state index contributed by atoms with van der Waals surface area (Å²) in [5.41, 5.74) is 0.642. The lowest BCUT2D eigenvalue weighted by molar-refractivity contribution is -0.132. The third kappa shape index (κ3) is 5.04. The summed E-state index contributed by atoms with van der Waals surface area (Å²) in [5, 5.41) is 0. The highest BCUT2D eigenvalue weighted by Gasteiger charge is 2.23. The molecule has 1 aliphatic heterocycles. The number of benzene rings is 2. The normalized spacial score (nSPS) is 15.1. The average Bonchev–Trinajstić information content (AvgIpc) is 2.68. The molecule has 1 amide bonds. The van der Waals surface area contributed by atoms with Gasteiger partial charge in [-0.15, -0.1) is 0 Å². The summed E-state index contributed by atoms with van der Waals surface area (Å²) in [6.07, 6.45) is 2.58. The average molecular weight is 359 g/mol. The monoisotopic (exact) mass is 359 g/mol. The van der Waals surface area contributed by atoms with Crippen LogP contribution >= 0.6 is 0 Å². The molecule has 0 aromatic heterocycles. The van der Waals surface area contributed by atoms with Gasteiger partial charge in [-0.25, -0.2) is 8.78 Å².